The molecule has 2 aromatic heterocycles. The minimum absolute atomic E-state index is 0.0793. The zero-order valence-electron chi connectivity index (χ0n) is 15.2. The maximum Gasteiger partial charge on any atom is 0.242 e. The molecule has 26 heavy (non-hydrogen) atoms. The molecule has 0 aliphatic rings. The van der Waals surface area contributed by atoms with Crippen molar-refractivity contribution in [2.75, 3.05) is 7.05 Å². The van der Waals surface area contributed by atoms with E-state index in [4.69, 9.17) is 0 Å². The third-order valence-electron chi connectivity index (χ3n) is 4.37. The van der Waals surface area contributed by atoms with E-state index in [1.165, 1.54) is 0 Å². The molecule has 3 aromatic rings. The third-order valence-corrected chi connectivity index (χ3v) is 4.37. The number of likely N-dealkylation sites (N-methyl/N-ethyl adjacent to an activating group) is 1. The van der Waals surface area contributed by atoms with Gasteiger partial charge in [-0.25, -0.2) is 0 Å². The topological polar surface area (TPSA) is 71.8 Å². The highest BCUT2D eigenvalue weighted by atomic mass is 16.2. The van der Waals surface area contributed by atoms with E-state index in [1.54, 1.807) is 24.1 Å². The molecule has 2 heterocycles. The average molecular weight is 349 g/mol. The van der Waals surface area contributed by atoms with Crippen LogP contribution in [0.3, 0.4) is 0 Å². The Kier molecular flexibility index (Phi) is 5.43. The number of nitrogens with one attached hydrogen (secondary N) is 2. The molecule has 0 aliphatic heterocycles. The second kappa shape index (κ2) is 7.93. The van der Waals surface area contributed by atoms with Crippen LogP contribution >= 0.6 is 0 Å². The molecular formula is C20H23N5O. The summed E-state index contributed by atoms with van der Waals surface area (Å²) < 4.78 is 1.69. The van der Waals surface area contributed by atoms with E-state index in [-0.39, 0.29) is 11.9 Å². The van der Waals surface area contributed by atoms with Crippen LogP contribution in [0.15, 0.2) is 61.2 Å². The minimum Gasteiger partial charge on any atom is -0.348 e. The number of aromatic nitrogens is 3. The molecule has 3 rings (SSSR count). The van der Waals surface area contributed by atoms with Crippen molar-refractivity contribution in [3.8, 4) is 11.1 Å². The molecule has 134 valence electrons. The van der Waals surface area contributed by atoms with Gasteiger partial charge in [-0.1, -0.05) is 30.3 Å². The van der Waals surface area contributed by atoms with Gasteiger partial charge in [0.05, 0.1) is 12.2 Å². The summed E-state index contributed by atoms with van der Waals surface area (Å²) in [6.45, 7) is 1.98. The van der Waals surface area contributed by atoms with E-state index >= 15 is 0 Å². The molecule has 2 unspecified atom stereocenters. The Morgan fingerprint density at radius 1 is 1.08 bits per heavy atom. The summed E-state index contributed by atoms with van der Waals surface area (Å²) in [4.78, 5) is 16.8. The predicted molar refractivity (Wildman–Crippen MR) is 101 cm³/mol. The Morgan fingerprint density at radius 3 is 2.42 bits per heavy atom. The lowest BCUT2D eigenvalue weighted by Crippen LogP contribution is -2.37. The van der Waals surface area contributed by atoms with Crippen LogP contribution in [0.2, 0.25) is 0 Å². The normalized spacial score (nSPS) is 13.2. The fourth-order valence-corrected chi connectivity index (χ4v) is 2.92. The van der Waals surface area contributed by atoms with Crippen LogP contribution in [0.25, 0.3) is 11.1 Å². The quantitative estimate of drug-likeness (QED) is 0.718. The number of carbonyl (C=O) groups is 1. The van der Waals surface area contributed by atoms with E-state index in [9.17, 15) is 4.79 Å². The van der Waals surface area contributed by atoms with Crippen molar-refractivity contribution in [2.45, 2.75) is 19.0 Å². The van der Waals surface area contributed by atoms with Crippen LogP contribution in [0.5, 0.6) is 0 Å². The maximum atomic E-state index is 12.6. The van der Waals surface area contributed by atoms with Crippen molar-refractivity contribution in [3.05, 3.63) is 72.3 Å². The molecule has 2 atom stereocenters. The van der Waals surface area contributed by atoms with E-state index in [0.29, 0.717) is 0 Å². The van der Waals surface area contributed by atoms with Gasteiger partial charge in [0.25, 0.3) is 0 Å². The Balaban J connectivity index is 1.69. The molecule has 0 saturated carbocycles. The number of hydrogen-bond donors (Lipinski definition) is 2. The standard InChI is InChI=1S/C20H23N5O/c1-14(24-20(26)19(21-2)18-12-23-25(3)13-18)15-6-8-16(9-7-15)17-5-4-10-22-11-17/h4-14,19,21H,1-3H3,(H,24,26). The Morgan fingerprint density at radius 2 is 1.85 bits per heavy atom. The molecule has 0 radical (unpaired) electrons. The summed E-state index contributed by atoms with van der Waals surface area (Å²) in [6, 6.07) is 11.6. The Labute approximate surface area is 153 Å². The molecule has 0 aliphatic carbocycles. The molecule has 1 aromatic carbocycles. The summed E-state index contributed by atoms with van der Waals surface area (Å²) in [5.41, 5.74) is 4.06. The molecule has 1 amide bonds. The number of benzene rings is 1. The van der Waals surface area contributed by atoms with Crippen molar-refractivity contribution in [1.29, 1.82) is 0 Å². The number of rotatable bonds is 6. The van der Waals surface area contributed by atoms with Gasteiger partial charge >= 0.3 is 0 Å². The highest BCUT2D eigenvalue weighted by Crippen LogP contribution is 2.22. The van der Waals surface area contributed by atoms with Crippen molar-refractivity contribution in [2.24, 2.45) is 7.05 Å². The summed E-state index contributed by atoms with van der Waals surface area (Å²) in [5, 5.41) is 10.2. The third kappa shape index (κ3) is 3.97. The number of nitrogens with zero attached hydrogens (tertiary/aromatic N) is 3. The molecule has 0 spiro atoms. The Bertz CT molecular complexity index is 857. The minimum atomic E-state index is -0.430. The highest BCUT2D eigenvalue weighted by Gasteiger charge is 2.22. The van der Waals surface area contributed by atoms with Gasteiger partial charge in [0.2, 0.25) is 5.91 Å². The van der Waals surface area contributed by atoms with Gasteiger partial charge in [-0.3, -0.25) is 14.5 Å². The molecular weight excluding hydrogens is 326 g/mol. The van der Waals surface area contributed by atoms with Crippen LogP contribution in [-0.4, -0.2) is 27.7 Å². The fourth-order valence-electron chi connectivity index (χ4n) is 2.92. The van der Waals surface area contributed by atoms with Crippen LogP contribution in [-0.2, 0) is 11.8 Å². The first-order chi connectivity index (χ1) is 12.6. The first-order valence-electron chi connectivity index (χ1n) is 8.55. The van der Waals surface area contributed by atoms with Crippen molar-refractivity contribution >= 4 is 5.91 Å². The lowest BCUT2D eigenvalue weighted by molar-refractivity contribution is -0.123. The van der Waals surface area contributed by atoms with Crippen molar-refractivity contribution in [3.63, 3.8) is 0 Å². The molecule has 0 bridgehead atoms. The summed E-state index contributed by atoms with van der Waals surface area (Å²) in [7, 11) is 3.60. The van der Waals surface area contributed by atoms with E-state index in [1.807, 2.05) is 62.8 Å². The van der Waals surface area contributed by atoms with Crippen LogP contribution in [0, 0.1) is 0 Å². The molecule has 6 nitrogen and oxygen atoms in total. The number of amides is 1. The molecule has 0 saturated heterocycles. The number of hydrogen-bond acceptors (Lipinski definition) is 4. The lowest BCUT2D eigenvalue weighted by Gasteiger charge is -2.19. The zero-order valence-corrected chi connectivity index (χ0v) is 15.2. The predicted octanol–water partition coefficient (Wildman–Crippen LogP) is 2.62. The van der Waals surface area contributed by atoms with Gasteiger partial charge in [-0.05, 0) is 36.7 Å². The van der Waals surface area contributed by atoms with Gasteiger partial charge in [-0.15, -0.1) is 0 Å². The van der Waals surface area contributed by atoms with Gasteiger partial charge in [-0.2, -0.15) is 5.10 Å². The van der Waals surface area contributed by atoms with Crippen molar-refractivity contribution < 1.29 is 4.79 Å². The average Bonchev–Trinajstić information content (AvgIpc) is 3.09. The van der Waals surface area contributed by atoms with Gasteiger partial charge < -0.3 is 10.6 Å². The summed E-state index contributed by atoms with van der Waals surface area (Å²) in [5.74, 6) is -0.0793. The molecule has 0 fully saturated rings. The maximum absolute atomic E-state index is 12.6. The molecule has 6 heteroatoms. The lowest BCUT2D eigenvalue weighted by atomic mass is 10.0. The smallest absolute Gasteiger partial charge is 0.242 e. The second-order valence-electron chi connectivity index (χ2n) is 6.26. The van der Waals surface area contributed by atoms with Crippen LogP contribution < -0.4 is 10.6 Å². The summed E-state index contributed by atoms with van der Waals surface area (Å²) >= 11 is 0. The Hall–Kier alpha value is -2.99. The first-order valence-corrected chi connectivity index (χ1v) is 8.55. The van der Waals surface area contributed by atoms with Crippen LogP contribution in [0.1, 0.15) is 30.1 Å². The van der Waals surface area contributed by atoms with E-state index in [2.05, 4.69) is 20.7 Å². The first kappa shape index (κ1) is 17.8. The van der Waals surface area contributed by atoms with Crippen molar-refractivity contribution in [1.82, 2.24) is 25.4 Å². The van der Waals surface area contributed by atoms with Gasteiger partial charge in [0, 0.05) is 31.2 Å². The second-order valence-corrected chi connectivity index (χ2v) is 6.26. The van der Waals surface area contributed by atoms with Crippen LogP contribution in [0.4, 0.5) is 0 Å². The number of pyridine rings is 1. The van der Waals surface area contributed by atoms with Gasteiger partial charge in [0.15, 0.2) is 0 Å². The van der Waals surface area contributed by atoms with E-state index < -0.39 is 6.04 Å². The number of aryl methyl sites for hydroxylation is 1. The monoisotopic (exact) mass is 349 g/mol. The van der Waals surface area contributed by atoms with E-state index in [0.717, 1.165) is 22.3 Å². The fraction of sp³-hybridized carbons (Fsp3) is 0.250. The zero-order chi connectivity index (χ0) is 18.5. The number of carbonyl (C=O) groups excluding carboxylic acids is 1. The highest BCUT2D eigenvalue weighted by molar-refractivity contribution is 5.83. The SMILES string of the molecule is CNC(C(=O)NC(C)c1ccc(-c2cccnc2)cc1)c1cnn(C)c1. The van der Waals surface area contributed by atoms with Gasteiger partial charge in [0.1, 0.15) is 6.04 Å². The molecule has 2 N–H and O–H groups in total. The summed E-state index contributed by atoms with van der Waals surface area (Å²) in [6.07, 6.45) is 7.14. The largest absolute Gasteiger partial charge is 0.348 e.